The molecule has 16 nitrogen and oxygen atoms in total. The van der Waals surface area contributed by atoms with E-state index in [0.717, 1.165) is 12.3 Å². The van der Waals surface area contributed by atoms with Crippen molar-refractivity contribution in [1.82, 2.24) is 9.55 Å². The zero-order valence-corrected chi connectivity index (χ0v) is 18.3. The number of nitrogen functional groups attached to an aromatic ring is 1. The minimum atomic E-state index is -5.80. The standard InChI is InChI=1S/C10H16ClFN3O13P3/c11-3-10(4-25-30(21,22)28-31(23,24)27-29(18,19)20)7(16)6(12)8(26-10)15-2-1-5(13)14-9(15)17/h1-2,6-8,16H,3-4H2,(H,21,22)(H,23,24)(H2,13,14,17)(H2,18,19,20)/t6-,7+,8?,10-/m1/s1. The number of hydrogen-bond acceptors (Lipinski definition) is 11. The van der Waals surface area contributed by atoms with Gasteiger partial charge in [0.2, 0.25) is 0 Å². The lowest BCUT2D eigenvalue weighted by Crippen LogP contribution is -2.47. The van der Waals surface area contributed by atoms with Crippen LogP contribution in [0, 0.1) is 0 Å². The molecule has 6 atom stereocenters. The summed E-state index contributed by atoms with van der Waals surface area (Å²) in [4.78, 5) is 50.9. The van der Waals surface area contributed by atoms with Crippen molar-refractivity contribution in [3.05, 3.63) is 22.7 Å². The Kier molecular flexibility index (Phi) is 7.89. The molecule has 1 fully saturated rings. The van der Waals surface area contributed by atoms with E-state index in [1.807, 2.05) is 0 Å². The summed E-state index contributed by atoms with van der Waals surface area (Å²) >= 11 is 5.69. The first-order valence-corrected chi connectivity index (χ1v) is 12.8. The Morgan fingerprint density at radius 1 is 1.26 bits per heavy atom. The summed E-state index contributed by atoms with van der Waals surface area (Å²) in [5.41, 5.74) is 1.99. The SMILES string of the molecule is Nc1ccn(C2O[C@](CCl)(COP(=O)(O)OP(=O)(O)OP(=O)(O)O)[C@@H](O)[C@H]2F)c(=O)n1. The molecule has 1 aromatic rings. The van der Waals surface area contributed by atoms with Gasteiger partial charge in [0, 0.05) is 6.20 Å². The monoisotopic (exact) mass is 533 g/mol. The van der Waals surface area contributed by atoms with E-state index in [4.69, 9.17) is 36.8 Å². The number of halogens is 2. The van der Waals surface area contributed by atoms with E-state index in [1.54, 1.807) is 0 Å². The maximum atomic E-state index is 14.6. The molecule has 1 saturated heterocycles. The van der Waals surface area contributed by atoms with Crippen LogP contribution in [0.5, 0.6) is 0 Å². The molecule has 0 radical (unpaired) electrons. The Labute approximate surface area is 176 Å². The number of nitrogens with zero attached hydrogens (tertiary/aromatic N) is 2. The van der Waals surface area contributed by atoms with Crippen molar-refractivity contribution in [2.45, 2.75) is 24.1 Å². The van der Waals surface area contributed by atoms with E-state index < -0.39 is 65.7 Å². The molecule has 3 unspecified atom stereocenters. The molecule has 7 N–H and O–H groups in total. The second kappa shape index (κ2) is 9.23. The van der Waals surface area contributed by atoms with Crippen LogP contribution in [0.25, 0.3) is 0 Å². The fourth-order valence-electron chi connectivity index (χ4n) is 2.41. The summed E-state index contributed by atoms with van der Waals surface area (Å²) in [6.07, 6.45) is -5.29. The summed E-state index contributed by atoms with van der Waals surface area (Å²) in [5.74, 6) is -0.968. The molecule has 0 spiro atoms. The highest BCUT2D eigenvalue weighted by atomic mass is 35.5. The summed E-state index contributed by atoms with van der Waals surface area (Å²) in [6, 6.07) is 1.12. The number of alkyl halides is 2. The topological polar surface area (TPSA) is 250 Å². The molecule has 0 aromatic carbocycles. The zero-order valence-electron chi connectivity index (χ0n) is 14.9. The predicted molar refractivity (Wildman–Crippen MR) is 97.2 cm³/mol. The van der Waals surface area contributed by atoms with Gasteiger partial charge in [-0.25, -0.2) is 22.9 Å². The van der Waals surface area contributed by atoms with Crippen molar-refractivity contribution in [3.8, 4) is 0 Å². The molecule has 1 aliphatic heterocycles. The maximum absolute atomic E-state index is 14.6. The highest BCUT2D eigenvalue weighted by Gasteiger charge is 2.57. The number of aromatic nitrogens is 2. The second-order valence-electron chi connectivity index (χ2n) is 6.00. The summed E-state index contributed by atoms with van der Waals surface area (Å²) < 4.78 is 65.8. The van der Waals surface area contributed by atoms with Gasteiger partial charge in [0.1, 0.15) is 17.5 Å². The Morgan fingerprint density at radius 2 is 1.87 bits per heavy atom. The van der Waals surface area contributed by atoms with Crippen LogP contribution in [0.3, 0.4) is 0 Å². The van der Waals surface area contributed by atoms with Gasteiger partial charge in [0.25, 0.3) is 0 Å². The minimum Gasteiger partial charge on any atom is -0.387 e. The number of aliphatic hydroxyl groups excluding tert-OH is 1. The van der Waals surface area contributed by atoms with Crippen molar-refractivity contribution in [2.75, 3.05) is 18.2 Å². The molecule has 1 aromatic heterocycles. The fraction of sp³-hybridized carbons (Fsp3) is 0.600. The number of anilines is 1. The number of nitrogens with two attached hydrogens (primary N) is 1. The molecular formula is C10H16ClFN3O13P3. The van der Waals surface area contributed by atoms with E-state index in [2.05, 4.69) is 18.1 Å². The number of phosphoric acid groups is 3. The van der Waals surface area contributed by atoms with Gasteiger partial charge < -0.3 is 35.2 Å². The third kappa shape index (κ3) is 6.62. The molecule has 31 heavy (non-hydrogen) atoms. The predicted octanol–water partition coefficient (Wildman–Crippen LogP) is -0.626. The van der Waals surface area contributed by atoms with Gasteiger partial charge >= 0.3 is 29.2 Å². The van der Waals surface area contributed by atoms with Gasteiger partial charge in [0.15, 0.2) is 12.4 Å². The van der Waals surface area contributed by atoms with Gasteiger partial charge in [0.05, 0.1) is 12.5 Å². The summed E-state index contributed by atoms with van der Waals surface area (Å²) in [6.45, 7) is -1.24. The molecule has 0 saturated carbocycles. The number of rotatable bonds is 9. The number of hydrogen-bond donors (Lipinski definition) is 6. The van der Waals surface area contributed by atoms with E-state index >= 15 is 0 Å². The second-order valence-corrected chi connectivity index (χ2v) is 10.7. The lowest BCUT2D eigenvalue weighted by atomic mass is 9.99. The Morgan fingerprint density at radius 3 is 2.39 bits per heavy atom. The molecule has 1 aliphatic rings. The van der Waals surface area contributed by atoms with Crippen molar-refractivity contribution in [2.24, 2.45) is 0 Å². The van der Waals surface area contributed by atoms with Gasteiger partial charge in [-0.3, -0.25) is 9.09 Å². The molecule has 2 rings (SSSR count). The average Bonchev–Trinajstić information content (AvgIpc) is 2.82. The third-order valence-corrected chi connectivity index (χ3v) is 7.94. The lowest BCUT2D eigenvalue weighted by molar-refractivity contribution is -0.113. The maximum Gasteiger partial charge on any atom is 0.490 e. The average molecular weight is 534 g/mol. The first-order valence-electron chi connectivity index (χ1n) is 7.70. The highest BCUT2D eigenvalue weighted by molar-refractivity contribution is 7.66. The highest BCUT2D eigenvalue weighted by Crippen LogP contribution is 2.66. The van der Waals surface area contributed by atoms with Crippen LogP contribution in [0.4, 0.5) is 10.2 Å². The summed E-state index contributed by atoms with van der Waals surface area (Å²) in [7, 11) is -17.0. The molecule has 0 aliphatic carbocycles. The molecular weight excluding hydrogens is 517 g/mol. The molecule has 0 amide bonds. The van der Waals surface area contributed by atoms with Gasteiger partial charge in [-0.15, -0.1) is 11.6 Å². The minimum absolute atomic E-state index is 0.188. The number of aliphatic hydroxyl groups is 1. The van der Waals surface area contributed by atoms with Crippen molar-refractivity contribution in [3.63, 3.8) is 0 Å². The van der Waals surface area contributed by atoms with Gasteiger partial charge in [-0.05, 0) is 6.07 Å². The molecule has 178 valence electrons. The largest absolute Gasteiger partial charge is 0.490 e. The van der Waals surface area contributed by atoms with E-state index in [0.29, 0.717) is 4.57 Å². The van der Waals surface area contributed by atoms with Crippen LogP contribution in [0.15, 0.2) is 17.1 Å². The van der Waals surface area contributed by atoms with E-state index in [1.165, 1.54) is 0 Å². The zero-order chi connectivity index (χ0) is 23.8. The van der Waals surface area contributed by atoms with Gasteiger partial charge in [-0.1, -0.05) is 0 Å². The van der Waals surface area contributed by atoms with Crippen molar-refractivity contribution in [1.29, 1.82) is 0 Å². The lowest BCUT2D eigenvalue weighted by Gasteiger charge is -2.29. The van der Waals surface area contributed by atoms with Crippen LogP contribution in [-0.2, 0) is 31.6 Å². The fourth-order valence-corrected chi connectivity index (χ4v) is 5.79. The quantitative estimate of drug-likeness (QED) is 0.171. The normalized spacial score (nSPS) is 30.6. The van der Waals surface area contributed by atoms with E-state index in [-0.39, 0.29) is 5.82 Å². The Balaban J connectivity index is 2.20. The van der Waals surface area contributed by atoms with Crippen LogP contribution in [0.1, 0.15) is 6.23 Å². The smallest absolute Gasteiger partial charge is 0.387 e. The van der Waals surface area contributed by atoms with Crippen LogP contribution in [-0.4, -0.2) is 64.6 Å². The number of ether oxygens (including phenoxy) is 1. The van der Waals surface area contributed by atoms with Crippen molar-refractivity contribution < 1.29 is 60.6 Å². The first kappa shape index (κ1) is 26.5. The number of phosphoric ester groups is 1. The Bertz CT molecular complexity index is 1020. The van der Waals surface area contributed by atoms with Gasteiger partial charge in [-0.2, -0.15) is 13.6 Å². The first-order chi connectivity index (χ1) is 14.0. The molecule has 0 bridgehead atoms. The van der Waals surface area contributed by atoms with Crippen LogP contribution < -0.4 is 11.4 Å². The third-order valence-electron chi connectivity index (χ3n) is 3.71. The van der Waals surface area contributed by atoms with Crippen LogP contribution >= 0.6 is 35.1 Å². The van der Waals surface area contributed by atoms with E-state index in [9.17, 15) is 32.9 Å². The molecule has 2 heterocycles. The van der Waals surface area contributed by atoms with Crippen LogP contribution in [0.2, 0.25) is 0 Å². The molecule has 21 heteroatoms. The Hall–Kier alpha value is -0.770. The van der Waals surface area contributed by atoms with Crippen molar-refractivity contribution >= 4 is 40.9 Å². The summed E-state index contributed by atoms with van der Waals surface area (Å²) in [5, 5.41) is 10.2.